The lowest BCUT2D eigenvalue weighted by molar-refractivity contribution is 0.618. The topological polar surface area (TPSA) is 37.5 Å². The summed E-state index contributed by atoms with van der Waals surface area (Å²) in [6.45, 7) is 4.21. The van der Waals surface area contributed by atoms with Gasteiger partial charge >= 0.3 is 0 Å². The van der Waals surface area contributed by atoms with Crippen LogP contribution in [-0.2, 0) is 0 Å². The van der Waals surface area contributed by atoms with Crippen LogP contribution < -0.4 is 10.7 Å². The second-order valence-corrected chi connectivity index (χ2v) is 6.61. The van der Waals surface area contributed by atoms with Gasteiger partial charge in [-0.15, -0.1) is 0 Å². The fraction of sp³-hybridized carbons (Fsp3) is 0.174. The molecule has 3 heteroatoms. The van der Waals surface area contributed by atoms with Gasteiger partial charge in [0.2, 0.25) is 0 Å². The average molecular weight is 342 g/mol. The third-order valence-corrected chi connectivity index (χ3v) is 4.96. The monoisotopic (exact) mass is 342 g/mol. The number of nitrogens with one attached hydrogen (secondary N) is 1. The van der Waals surface area contributed by atoms with Gasteiger partial charge in [0, 0.05) is 48.4 Å². The molecule has 3 nitrogen and oxygen atoms in total. The molecule has 0 radical (unpaired) electrons. The van der Waals surface area contributed by atoms with Crippen LogP contribution in [0.1, 0.15) is 11.1 Å². The number of benzene rings is 3. The van der Waals surface area contributed by atoms with Gasteiger partial charge in [-0.25, -0.2) is 0 Å². The van der Waals surface area contributed by atoms with Crippen molar-refractivity contribution < 1.29 is 4.42 Å². The van der Waals surface area contributed by atoms with Crippen LogP contribution in [0.2, 0.25) is 0 Å². The lowest BCUT2D eigenvalue weighted by atomic mass is 9.92. The van der Waals surface area contributed by atoms with Crippen molar-refractivity contribution in [2.24, 2.45) is 4.99 Å². The molecular formula is C23H22N2O. The fourth-order valence-corrected chi connectivity index (χ4v) is 3.61. The molecule has 0 bridgehead atoms. The summed E-state index contributed by atoms with van der Waals surface area (Å²) in [6.07, 6.45) is 0. The maximum Gasteiger partial charge on any atom is 0.137 e. The van der Waals surface area contributed by atoms with Crippen LogP contribution in [0.5, 0.6) is 0 Å². The summed E-state index contributed by atoms with van der Waals surface area (Å²) in [5, 5.41) is 5.33. The maximum absolute atomic E-state index is 6.30. The van der Waals surface area contributed by atoms with Crippen LogP contribution >= 0.6 is 0 Å². The Hall–Kier alpha value is -3.07. The van der Waals surface area contributed by atoms with E-state index in [1.165, 1.54) is 16.7 Å². The van der Waals surface area contributed by atoms with E-state index >= 15 is 0 Å². The summed E-state index contributed by atoms with van der Waals surface area (Å²) >= 11 is 0. The first-order valence-corrected chi connectivity index (χ1v) is 8.80. The van der Waals surface area contributed by atoms with Crippen molar-refractivity contribution >= 4 is 16.7 Å². The van der Waals surface area contributed by atoms with E-state index in [9.17, 15) is 0 Å². The molecule has 1 aliphatic carbocycles. The van der Waals surface area contributed by atoms with Gasteiger partial charge in [-0.1, -0.05) is 30.3 Å². The highest BCUT2D eigenvalue weighted by molar-refractivity contribution is 6.03. The summed E-state index contributed by atoms with van der Waals surface area (Å²) in [6, 6.07) is 19.0. The molecule has 0 aromatic heterocycles. The van der Waals surface area contributed by atoms with E-state index in [0.717, 1.165) is 38.9 Å². The van der Waals surface area contributed by atoms with E-state index in [4.69, 9.17) is 4.42 Å². The summed E-state index contributed by atoms with van der Waals surface area (Å²) in [7, 11) is 3.75. The largest absolute Gasteiger partial charge is 0.456 e. The molecule has 0 fully saturated rings. The van der Waals surface area contributed by atoms with Gasteiger partial charge < -0.3 is 9.73 Å². The smallest absolute Gasteiger partial charge is 0.137 e. The van der Waals surface area contributed by atoms with Crippen LogP contribution in [0, 0.1) is 13.8 Å². The van der Waals surface area contributed by atoms with Crippen molar-refractivity contribution in [3.63, 3.8) is 0 Å². The molecule has 130 valence electrons. The molecule has 26 heavy (non-hydrogen) atoms. The number of hydrogen-bond donors (Lipinski definition) is 1. The fourth-order valence-electron chi connectivity index (χ4n) is 3.61. The van der Waals surface area contributed by atoms with Crippen molar-refractivity contribution in [3.8, 4) is 22.5 Å². The molecule has 0 spiro atoms. The molecule has 1 heterocycles. The minimum absolute atomic E-state index is 0.855. The number of rotatable bonds is 2. The molecule has 2 aromatic rings. The van der Waals surface area contributed by atoms with E-state index in [0.29, 0.717) is 0 Å². The zero-order valence-electron chi connectivity index (χ0n) is 15.6. The molecule has 0 unspecified atom stereocenters. The summed E-state index contributed by atoms with van der Waals surface area (Å²) in [4.78, 5) is 4.38. The first-order chi connectivity index (χ1) is 12.6. The molecule has 0 saturated heterocycles. The van der Waals surface area contributed by atoms with Gasteiger partial charge in [0.15, 0.2) is 0 Å². The van der Waals surface area contributed by atoms with E-state index in [1.807, 2.05) is 26.2 Å². The van der Waals surface area contributed by atoms with Crippen molar-refractivity contribution in [2.45, 2.75) is 13.8 Å². The molecule has 4 rings (SSSR count). The van der Waals surface area contributed by atoms with Crippen molar-refractivity contribution in [2.75, 3.05) is 19.4 Å². The molecular weight excluding hydrogens is 320 g/mol. The Kier molecular flexibility index (Phi) is 4.00. The van der Waals surface area contributed by atoms with Gasteiger partial charge in [-0.3, -0.25) is 4.99 Å². The van der Waals surface area contributed by atoms with Crippen molar-refractivity contribution in [3.05, 3.63) is 71.1 Å². The van der Waals surface area contributed by atoms with Crippen molar-refractivity contribution in [1.29, 1.82) is 0 Å². The Morgan fingerprint density at radius 1 is 0.923 bits per heavy atom. The molecule has 0 saturated carbocycles. The number of nitrogens with zero attached hydrogens (tertiary/aromatic N) is 1. The van der Waals surface area contributed by atoms with Crippen LogP contribution in [0.3, 0.4) is 0 Å². The van der Waals surface area contributed by atoms with Crippen LogP contribution in [0.25, 0.3) is 33.4 Å². The van der Waals surface area contributed by atoms with E-state index < -0.39 is 0 Å². The Morgan fingerprint density at radius 2 is 1.69 bits per heavy atom. The first kappa shape index (κ1) is 16.4. The van der Waals surface area contributed by atoms with Gasteiger partial charge in [-0.2, -0.15) is 0 Å². The predicted molar refractivity (Wildman–Crippen MR) is 109 cm³/mol. The van der Waals surface area contributed by atoms with E-state index in [1.54, 1.807) is 0 Å². The third-order valence-electron chi connectivity index (χ3n) is 4.96. The molecule has 2 aliphatic rings. The molecule has 1 N–H and O–H groups in total. The van der Waals surface area contributed by atoms with Gasteiger partial charge in [0.1, 0.15) is 11.3 Å². The molecule has 2 aromatic carbocycles. The quantitative estimate of drug-likeness (QED) is 0.496. The second kappa shape index (κ2) is 6.34. The second-order valence-electron chi connectivity index (χ2n) is 6.61. The number of anilines is 1. The average Bonchev–Trinajstić information content (AvgIpc) is 2.66. The minimum atomic E-state index is 0.855. The molecule has 1 aliphatic heterocycles. The number of hydrogen-bond acceptors (Lipinski definition) is 3. The Labute approximate surface area is 153 Å². The predicted octanol–water partition coefficient (Wildman–Crippen LogP) is 5.39. The van der Waals surface area contributed by atoms with Crippen LogP contribution in [0.4, 0.5) is 5.69 Å². The highest BCUT2D eigenvalue weighted by atomic mass is 16.3. The maximum atomic E-state index is 6.30. The molecule has 0 amide bonds. The first-order valence-electron chi connectivity index (χ1n) is 8.80. The van der Waals surface area contributed by atoms with E-state index in [-0.39, 0.29) is 0 Å². The zero-order chi connectivity index (χ0) is 18.3. The highest BCUT2D eigenvalue weighted by Crippen LogP contribution is 2.41. The van der Waals surface area contributed by atoms with Gasteiger partial charge in [0.25, 0.3) is 0 Å². The summed E-state index contributed by atoms with van der Waals surface area (Å²) < 4.78 is 6.30. The number of fused-ring (bicyclic) bond motifs is 2. The lowest BCUT2D eigenvalue weighted by Gasteiger charge is -2.18. The van der Waals surface area contributed by atoms with E-state index in [2.05, 4.69) is 66.6 Å². The van der Waals surface area contributed by atoms with Crippen LogP contribution in [0.15, 0.2) is 64.0 Å². The third kappa shape index (κ3) is 2.57. The molecule has 0 atom stereocenters. The van der Waals surface area contributed by atoms with Crippen molar-refractivity contribution in [1.82, 2.24) is 0 Å². The van der Waals surface area contributed by atoms with Gasteiger partial charge in [0.05, 0.1) is 5.36 Å². The van der Waals surface area contributed by atoms with Crippen LogP contribution in [-0.4, -0.2) is 14.1 Å². The van der Waals surface area contributed by atoms with Gasteiger partial charge in [-0.05, 0) is 42.7 Å². The standard InChI is InChI=1S/C23H22N2O/c1-14-10-17-21(12-19(14)24-3)26-22-13-20(25-4)15(2)11-18(22)23(17)16-8-6-5-7-9-16/h5-13,24H,1-4H3/b25-20-. The highest BCUT2D eigenvalue weighted by Gasteiger charge is 2.18. The Morgan fingerprint density at radius 3 is 2.38 bits per heavy atom. The lowest BCUT2D eigenvalue weighted by Crippen LogP contribution is -2.07. The SMILES string of the molecule is C/N=c1/cc2oc3cc(NC)c(C)cc3c(-c3ccccc3)c-2cc1C. The zero-order valence-corrected chi connectivity index (χ0v) is 15.6. The normalized spacial score (nSPS) is 12.1. The number of aryl methyl sites for hydroxylation is 2. The summed E-state index contributed by atoms with van der Waals surface area (Å²) in [5.74, 6) is 0.855. The minimum Gasteiger partial charge on any atom is -0.456 e. The summed E-state index contributed by atoms with van der Waals surface area (Å²) in [5.41, 5.74) is 7.81. The Balaban J connectivity index is 2.22. The Bertz CT molecular complexity index is 1140.